The van der Waals surface area contributed by atoms with Crippen molar-refractivity contribution < 1.29 is 4.74 Å². The monoisotopic (exact) mass is 335 g/mol. The van der Waals surface area contributed by atoms with Gasteiger partial charge in [-0.05, 0) is 17.2 Å². The molecule has 2 aromatic rings. The van der Waals surface area contributed by atoms with E-state index in [0.717, 1.165) is 21.2 Å². The minimum Gasteiger partial charge on any atom is -0.389 e. The average molecular weight is 336 g/mol. The molecule has 0 aliphatic carbocycles. The van der Waals surface area contributed by atoms with E-state index in [9.17, 15) is 0 Å². The van der Waals surface area contributed by atoms with Crippen LogP contribution in [0.5, 0.6) is 0 Å². The maximum absolute atomic E-state index is 5.69. The second-order valence-electron chi connectivity index (χ2n) is 4.15. The Bertz CT molecular complexity index is 569. The minimum absolute atomic E-state index is 0.417. The highest BCUT2D eigenvalue weighted by molar-refractivity contribution is 9.10. The Morgan fingerprint density at radius 2 is 1.74 bits per heavy atom. The van der Waals surface area contributed by atoms with Crippen molar-refractivity contribution in [3.63, 3.8) is 0 Å². The topological polar surface area (TPSA) is 35.2 Å². The SMILES string of the molecule is NC(=S)c1ccc(COCc2ccccc2Br)cc1. The van der Waals surface area contributed by atoms with Gasteiger partial charge in [-0.15, -0.1) is 0 Å². The van der Waals surface area contributed by atoms with Gasteiger partial charge in [-0.2, -0.15) is 0 Å². The third kappa shape index (κ3) is 4.13. The molecule has 0 saturated heterocycles. The molecule has 0 aromatic heterocycles. The second-order valence-corrected chi connectivity index (χ2v) is 5.44. The molecule has 0 fully saturated rings. The molecular formula is C15H14BrNOS. The Hall–Kier alpha value is -1.23. The molecule has 98 valence electrons. The largest absolute Gasteiger partial charge is 0.389 e. The molecule has 0 bridgehead atoms. The van der Waals surface area contributed by atoms with Gasteiger partial charge in [-0.25, -0.2) is 0 Å². The highest BCUT2D eigenvalue weighted by atomic mass is 79.9. The van der Waals surface area contributed by atoms with Crippen molar-refractivity contribution >= 4 is 33.1 Å². The number of ether oxygens (including phenoxy) is 1. The zero-order valence-electron chi connectivity index (χ0n) is 10.3. The molecule has 4 heteroatoms. The Morgan fingerprint density at radius 1 is 1.05 bits per heavy atom. The lowest BCUT2D eigenvalue weighted by molar-refractivity contribution is 0.107. The van der Waals surface area contributed by atoms with Crippen molar-refractivity contribution in [1.29, 1.82) is 0 Å². The van der Waals surface area contributed by atoms with E-state index in [4.69, 9.17) is 22.7 Å². The minimum atomic E-state index is 0.417. The Morgan fingerprint density at radius 3 is 2.37 bits per heavy atom. The van der Waals surface area contributed by atoms with Gasteiger partial charge >= 0.3 is 0 Å². The molecule has 0 aliphatic rings. The van der Waals surface area contributed by atoms with E-state index in [2.05, 4.69) is 15.9 Å². The third-order valence-corrected chi connectivity index (χ3v) is 3.73. The highest BCUT2D eigenvalue weighted by Gasteiger charge is 2.00. The first kappa shape index (κ1) is 14.2. The van der Waals surface area contributed by atoms with Gasteiger partial charge in [-0.1, -0.05) is 70.6 Å². The van der Waals surface area contributed by atoms with Crippen molar-refractivity contribution in [1.82, 2.24) is 0 Å². The van der Waals surface area contributed by atoms with Crippen molar-refractivity contribution in [2.24, 2.45) is 5.73 Å². The molecule has 2 nitrogen and oxygen atoms in total. The number of benzene rings is 2. The first-order chi connectivity index (χ1) is 9.16. The Balaban J connectivity index is 1.89. The van der Waals surface area contributed by atoms with Crippen LogP contribution >= 0.6 is 28.1 Å². The summed E-state index contributed by atoms with van der Waals surface area (Å²) in [5, 5.41) is 0. The molecule has 0 unspecified atom stereocenters. The molecule has 2 N–H and O–H groups in total. The van der Waals surface area contributed by atoms with Crippen LogP contribution in [0.25, 0.3) is 0 Å². The summed E-state index contributed by atoms with van der Waals surface area (Å²) >= 11 is 8.41. The van der Waals surface area contributed by atoms with Crippen LogP contribution in [0.3, 0.4) is 0 Å². The molecule has 0 spiro atoms. The van der Waals surface area contributed by atoms with Crippen LogP contribution in [0.15, 0.2) is 53.0 Å². The number of thiocarbonyl (C=S) groups is 1. The lowest BCUT2D eigenvalue weighted by Gasteiger charge is -2.07. The van der Waals surface area contributed by atoms with Crippen LogP contribution in [-0.2, 0) is 18.0 Å². The fourth-order valence-electron chi connectivity index (χ4n) is 1.66. The smallest absolute Gasteiger partial charge is 0.103 e. The quantitative estimate of drug-likeness (QED) is 0.844. The van der Waals surface area contributed by atoms with Crippen LogP contribution in [0.1, 0.15) is 16.7 Å². The molecular weight excluding hydrogens is 322 g/mol. The molecule has 0 amide bonds. The first-order valence-electron chi connectivity index (χ1n) is 5.86. The van der Waals surface area contributed by atoms with E-state index in [1.54, 1.807) is 0 Å². The molecule has 19 heavy (non-hydrogen) atoms. The van der Waals surface area contributed by atoms with Gasteiger partial charge in [0.2, 0.25) is 0 Å². The number of rotatable bonds is 5. The summed E-state index contributed by atoms with van der Waals surface area (Å²) in [5.74, 6) is 0. The van der Waals surface area contributed by atoms with Gasteiger partial charge in [0.05, 0.1) is 13.2 Å². The third-order valence-electron chi connectivity index (χ3n) is 2.72. The highest BCUT2D eigenvalue weighted by Crippen LogP contribution is 2.17. The van der Waals surface area contributed by atoms with E-state index < -0.39 is 0 Å². The van der Waals surface area contributed by atoms with Crippen LogP contribution in [0.2, 0.25) is 0 Å². The Kier molecular flexibility index (Phi) is 5.07. The van der Waals surface area contributed by atoms with Crippen LogP contribution in [0, 0.1) is 0 Å². The molecule has 2 aromatic carbocycles. The van der Waals surface area contributed by atoms with Crippen molar-refractivity contribution in [2.45, 2.75) is 13.2 Å². The number of halogens is 1. The zero-order chi connectivity index (χ0) is 13.7. The molecule has 0 saturated carbocycles. The van der Waals surface area contributed by atoms with Gasteiger partial charge in [0.1, 0.15) is 4.99 Å². The van der Waals surface area contributed by atoms with E-state index in [0.29, 0.717) is 18.2 Å². The second kappa shape index (κ2) is 6.80. The van der Waals surface area contributed by atoms with Gasteiger partial charge in [0.15, 0.2) is 0 Å². The number of hydrogen-bond acceptors (Lipinski definition) is 2. The van der Waals surface area contributed by atoms with E-state index in [1.807, 2.05) is 48.5 Å². The van der Waals surface area contributed by atoms with Crippen LogP contribution < -0.4 is 5.73 Å². The molecule has 2 rings (SSSR count). The van der Waals surface area contributed by atoms with E-state index >= 15 is 0 Å². The standard InChI is InChI=1S/C15H14BrNOS/c16-14-4-2-1-3-13(14)10-18-9-11-5-7-12(8-6-11)15(17)19/h1-8H,9-10H2,(H2,17,19). The van der Waals surface area contributed by atoms with Crippen molar-refractivity contribution in [3.05, 3.63) is 69.7 Å². The maximum Gasteiger partial charge on any atom is 0.103 e. The Labute approximate surface area is 126 Å². The van der Waals surface area contributed by atoms with E-state index in [-0.39, 0.29) is 0 Å². The van der Waals surface area contributed by atoms with Gasteiger partial charge in [0.25, 0.3) is 0 Å². The predicted molar refractivity (Wildman–Crippen MR) is 85.0 cm³/mol. The zero-order valence-corrected chi connectivity index (χ0v) is 12.7. The number of nitrogens with two attached hydrogens (primary N) is 1. The average Bonchev–Trinajstić information content (AvgIpc) is 2.41. The molecule has 0 radical (unpaired) electrons. The summed E-state index contributed by atoms with van der Waals surface area (Å²) in [7, 11) is 0. The summed E-state index contributed by atoms with van der Waals surface area (Å²) in [5.41, 5.74) is 8.68. The normalized spacial score (nSPS) is 10.4. The fourth-order valence-corrected chi connectivity index (χ4v) is 2.19. The summed E-state index contributed by atoms with van der Waals surface area (Å²) in [6.07, 6.45) is 0. The van der Waals surface area contributed by atoms with Gasteiger partial charge in [0, 0.05) is 10.0 Å². The predicted octanol–water partition coefficient (Wildman–Crippen LogP) is 3.80. The van der Waals surface area contributed by atoms with Gasteiger partial charge < -0.3 is 10.5 Å². The fraction of sp³-hybridized carbons (Fsp3) is 0.133. The van der Waals surface area contributed by atoms with Crippen LogP contribution in [0.4, 0.5) is 0 Å². The van der Waals surface area contributed by atoms with Crippen molar-refractivity contribution in [3.8, 4) is 0 Å². The summed E-state index contributed by atoms with van der Waals surface area (Å²) in [4.78, 5) is 0.417. The summed E-state index contributed by atoms with van der Waals surface area (Å²) in [6.45, 7) is 1.15. The molecule has 0 aliphatic heterocycles. The molecule has 0 heterocycles. The number of hydrogen-bond donors (Lipinski definition) is 1. The van der Waals surface area contributed by atoms with Crippen molar-refractivity contribution in [2.75, 3.05) is 0 Å². The molecule has 0 atom stereocenters. The lowest BCUT2D eigenvalue weighted by atomic mass is 10.1. The maximum atomic E-state index is 5.69. The first-order valence-corrected chi connectivity index (χ1v) is 7.07. The van der Waals surface area contributed by atoms with E-state index in [1.165, 1.54) is 0 Å². The summed E-state index contributed by atoms with van der Waals surface area (Å²) < 4.78 is 6.76. The lowest BCUT2D eigenvalue weighted by Crippen LogP contribution is -2.09. The van der Waals surface area contributed by atoms with Crippen LogP contribution in [-0.4, -0.2) is 4.99 Å². The summed E-state index contributed by atoms with van der Waals surface area (Å²) in [6, 6.07) is 15.8. The van der Waals surface area contributed by atoms with Gasteiger partial charge in [-0.3, -0.25) is 0 Å².